The van der Waals surface area contributed by atoms with Gasteiger partial charge >= 0.3 is 6.09 Å². The number of carbonyl (C=O) groups is 1. The molecule has 0 aliphatic heterocycles. The van der Waals surface area contributed by atoms with Gasteiger partial charge in [0.15, 0.2) is 0 Å². The van der Waals surface area contributed by atoms with Crippen molar-refractivity contribution < 1.29 is 9.53 Å². The minimum atomic E-state index is -0.450. The highest BCUT2D eigenvalue weighted by molar-refractivity contribution is 5.67. The average molecular weight is 322 g/mol. The van der Waals surface area contributed by atoms with Crippen molar-refractivity contribution in [2.75, 3.05) is 6.54 Å². The lowest BCUT2D eigenvalue weighted by molar-refractivity contribution is 0.0500. The lowest BCUT2D eigenvalue weighted by Gasteiger charge is -2.33. The van der Waals surface area contributed by atoms with Crippen LogP contribution in [0.5, 0.6) is 0 Å². The third kappa shape index (κ3) is 8.63. The molecule has 0 spiro atoms. The summed E-state index contributed by atoms with van der Waals surface area (Å²) in [6.07, 6.45) is 8.99. The van der Waals surface area contributed by atoms with E-state index in [4.69, 9.17) is 4.74 Å². The summed E-state index contributed by atoms with van der Waals surface area (Å²) in [5.74, 6) is 0. The SMILES string of the molecule is C=C(/C=C\C)C1=CCC(C)(CNC(=O)OC(C)(C)C)CC1.CC. The van der Waals surface area contributed by atoms with Crippen molar-refractivity contribution in [1.29, 1.82) is 0 Å². The standard InChI is InChI=1S/C18H29NO2.C2H6/c1-7-8-14(2)15-9-11-18(6,12-10-15)13-19-16(20)21-17(3,4)5;1-2/h7-9H,2,10-13H2,1,3-6H3,(H,19,20);1-2H3/b8-7-;. The lowest BCUT2D eigenvalue weighted by Crippen LogP contribution is -2.39. The molecule has 0 radical (unpaired) electrons. The molecule has 1 atom stereocenters. The van der Waals surface area contributed by atoms with E-state index < -0.39 is 5.60 Å². The van der Waals surface area contributed by atoms with Crippen LogP contribution in [0.2, 0.25) is 0 Å². The van der Waals surface area contributed by atoms with Gasteiger partial charge in [-0.15, -0.1) is 0 Å². The first-order valence-electron chi connectivity index (χ1n) is 8.63. The van der Waals surface area contributed by atoms with E-state index in [2.05, 4.69) is 24.9 Å². The molecule has 1 aliphatic carbocycles. The van der Waals surface area contributed by atoms with Crippen molar-refractivity contribution in [3.63, 3.8) is 0 Å². The fourth-order valence-electron chi connectivity index (χ4n) is 2.37. The van der Waals surface area contributed by atoms with Crippen LogP contribution in [0.25, 0.3) is 0 Å². The molecule has 0 heterocycles. The van der Waals surface area contributed by atoms with Crippen LogP contribution in [-0.2, 0) is 4.74 Å². The van der Waals surface area contributed by atoms with Gasteiger partial charge in [0.25, 0.3) is 0 Å². The minimum absolute atomic E-state index is 0.0939. The monoisotopic (exact) mass is 321 g/mol. The normalized spacial score (nSPS) is 21.1. The predicted octanol–water partition coefficient (Wildman–Crippen LogP) is 5.79. The summed E-state index contributed by atoms with van der Waals surface area (Å²) in [6, 6.07) is 0. The summed E-state index contributed by atoms with van der Waals surface area (Å²) in [7, 11) is 0. The molecule has 1 rings (SSSR count). The molecule has 0 aromatic heterocycles. The summed E-state index contributed by atoms with van der Waals surface area (Å²) in [5.41, 5.74) is 2.06. The van der Waals surface area contributed by atoms with Crippen LogP contribution in [0.4, 0.5) is 4.79 Å². The Bertz CT molecular complexity index is 455. The van der Waals surface area contributed by atoms with Crippen LogP contribution in [0, 0.1) is 5.41 Å². The second-order valence-corrected chi connectivity index (χ2v) is 7.12. The fourth-order valence-corrected chi connectivity index (χ4v) is 2.37. The maximum absolute atomic E-state index is 11.7. The largest absolute Gasteiger partial charge is 0.444 e. The number of hydrogen-bond donors (Lipinski definition) is 1. The zero-order chi connectivity index (χ0) is 18.1. The van der Waals surface area contributed by atoms with Gasteiger partial charge in [-0.3, -0.25) is 0 Å². The first-order chi connectivity index (χ1) is 10.7. The molecule has 0 bridgehead atoms. The Balaban J connectivity index is 0.00000232. The number of amides is 1. The molecule has 3 heteroatoms. The van der Waals surface area contributed by atoms with E-state index in [-0.39, 0.29) is 11.5 Å². The number of ether oxygens (including phenoxy) is 1. The summed E-state index contributed by atoms with van der Waals surface area (Å²) in [5, 5.41) is 2.89. The van der Waals surface area contributed by atoms with Gasteiger partial charge in [-0.1, -0.05) is 45.6 Å². The Kier molecular flexibility index (Phi) is 8.96. The van der Waals surface area contributed by atoms with Crippen LogP contribution in [0.15, 0.2) is 36.0 Å². The van der Waals surface area contributed by atoms with E-state index in [1.54, 1.807) is 0 Å². The van der Waals surface area contributed by atoms with E-state index in [1.807, 2.05) is 53.7 Å². The molecule has 1 N–H and O–H groups in total. The van der Waals surface area contributed by atoms with Crippen molar-refractivity contribution >= 4 is 6.09 Å². The minimum Gasteiger partial charge on any atom is -0.444 e. The summed E-state index contributed by atoms with van der Waals surface area (Å²) >= 11 is 0. The summed E-state index contributed by atoms with van der Waals surface area (Å²) in [6.45, 7) is 18.5. The van der Waals surface area contributed by atoms with E-state index in [9.17, 15) is 4.79 Å². The second-order valence-electron chi connectivity index (χ2n) is 7.12. The van der Waals surface area contributed by atoms with Crippen LogP contribution in [0.3, 0.4) is 0 Å². The van der Waals surface area contributed by atoms with Crippen LogP contribution in [0.1, 0.15) is 67.7 Å². The third-order valence-electron chi connectivity index (χ3n) is 3.68. The Hall–Kier alpha value is -1.51. The second kappa shape index (κ2) is 9.59. The average Bonchev–Trinajstić information content (AvgIpc) is 2.47. The van der Waals surface area contributed by atoms with Crippen LogP contribution >= 0.6 is 0 Å². The van der Waals surface area contributed by atoms with Crippen molar-refractivity contribution in [3.8, 4) is 0 Å². The van der Waals surface area contributed by atoms with E-state index >= 15 is 0 Å². The summed E-state index contributed by atoms with van der Waals surface area (Å²) in [4.78, 5) is 11.7. The number of nitrogens with one attached hydrogen (secondary N) is 1. The van der Waals surface area contributed by atoms with Crippen LogP contribution < -0.4 is 5.32 Å². The van der Waals surface area contributed by atoms with Crippen molar-refractivity contribution in [1.82, 2.24) is 5.32 Å². The molecule has 0 fully saturated rings. The molecular formula is C20H35NO2. The Morgan fingerprint density at radius 3 is 2.48 bits per heavy atom. The maximum atomic E-state index is 11.7. The lowest BCUT2D eigenvalue weighted by atomic mass is 9.75. The molecule has 1 amide bonds. The molecular weight excluding hydrogens is 286 g/mol. The topological polar surface area (TPSA) is 38.3 Å². The number of rotatable bonds is 4. The molecule has 0 saturated heterocycles. The molecule has 1 aliphatic rings. The Morgan fingerprint density at radius 1 is 1.43 bits per heavy atom. The molecule has 23 heavy (non-hydrogen) atoms. The highest BCUT2D eigenvalue weighted by Gasteiger charge is 2.28. The van der Waals surface area contributed by atoms with Gasteiger partial charge in [0.05, 0.1) is 0 Å². The van der Waals surface area contributed by atoms with E-state index in [0.29, 0.717) is 6.54 Å². The zero-order valence-corrected chi connectivity index (χ0v) is 16.1. The zero-order valence-electron chi connectivity index (χ0n) is 16.1. The first kappa shape index (κ1) is 21.5. The van der Waals surface area contributed by atoms with Gasteiger partial charge in [0.2, 0.25) is 0 Å². The molecule has 0 saturated carbocycles. The van der Waals surface area contributed by atoms with Crippen molar-refractivity contribution in [2.24, 2.45) is 5.41 Å². The van der Waals surface area contributed by atoms with Gasteiger partial charge in [0.1, 0.15) is 5.60 Å². The molecule has 1 unspecified atom stereocenters. The summed E-state index contributed by atoms with van der Waals surface area (Å²) < 4.78 is 5.28. The van der Waals surface area contributed by atoms with Crippen LogP contribution in [-0.4, -0.2) is 18.2 Å². The van der Waals surface area contributed by atoms with Gasteiger partial charge in [0, 0.05) is 6.54 Å². The Labute approximate surface area is 142 Å². The van der Waals surface area contributed by atoms with E-state index in [1.165, 1.54) is 5.57 Å². The van der Waals surface area contributed by atoms with Crippen molar-refractivity contribution in [3.05, 3.63) is 36.0 Å². The molecule has 132 valence electrons. The quantitative estimate of drug-likeness (QED) is 0.666. The molecule has 3 nitrogen and oxygen atoms in total. The fraction of sp³-hybridized carbons (Fsp3) is 0.650. The number of hydrogen-bond acceptors (Lipinski definition) is 2. The van der Waals surface area contributed by atoms with E-state index in [0.717, 1.165) is 24.8 Å². The molecule has 0 aromatic carbocycles. The molecule has 0 aromatic rings. The first-order valence-corrected chi connectivity index (χ1v) is 8.63. The number of alkyl carbamates (subject to hydrolysis) is 1. The number of carbonyl (C=O) groups excluding carboxylic acids is 1. The smallest absolute Gasteiger partial charge is 0.407 e. The highest BCUT2D eigenvalue weighted by atomic mass is 16.6. The highest BCUT2D eigenvalue weighted by Crippen LogP contribution is 2.36. The van der Waals surface area contributed by atoms with Gasteiger partial charge < -0.3 is 10.1 Å². The Morgan fingerprint density at radius 2 is 2.04 bits per heavy atom. The number of allylic oxidation sites excluding steroid dienone is 5. The van der Waals surface area contributed by atoms with Crippen molar-refractivity contribution in [2.45, 2.75) is 73.3 Å². The predicted molar refractivity (Wildman–Crippen MR) is 99.6 cm³/mol. The third-order valence-corrected chi connectivity index (χ3v) is 3.68. The maximum Gasteiger partial charge on any atom is 0.407 e. The van der Waals surface area contributed by atoms with Gasteiger partial charge in [-0.05, 0) is 63.5 Å². The van der Waals surface area contributed by atoms with Gasteiger partial charge in [-0.2, -0.15) is 0 Å². The van der Waals surface area contributed by atoms with Gasteiger partial charge in [-0.25, -0.2) is 4.79 Å².